The summed E-state index contributed by atoms with van der Waals surface area (Å²) in [4.78, 5) is 34.2. The number of carbonyl (C=O) groups excluding carboxylic acids is 1. The number of hydrogen-bond donors (Lipinski definition) is 1. The number of nitrogens with one attached hydrogen (secondary N) is 1. The number of fused-ring (bicyclic) bond motifs is 1. The van der Waals surface area contributed by atoms with E-state index in [4.69, 9.17) is 0 Å². The van der Waals surface area contributed by atoms with E-state index in [9.17, 15) is 9.59 Å². The molecule has 0 aliphatic rings. The largest absolute Gasteiger partial charge is 0.345 e. The van der Waals surface area contributed by atoms with Gasteiger partial charge in [-0.05, 0) is 42.5 Å². The van der Waals surface area contributed by atoms with Crippen LogP contribution in [0.3, 0.4) is 0 Å². The first-order valence-corrected chi connectivity index (χ1v) is 8.94. The van der Waals surface area contributed by atoms with Gasteiger partial charge in [-0.1, -0.05) is 32.9 Å². The van der Waals surface area contributed by atoms with Crippen LogP contribution in [-0.4, -0.2) is 20.3 Å². The SMILES string of the molecule is Cc1cccc2ncc(C(=O)NC(CC(C)(C)C)c3cccnc3)c(=O)n12. The number of aryl methyl sites for hydroxylation is 1. The fraction of sp³-hybridized carbons (Fsp3) is 0.333. The summed E-state index contributed by atoms with van der Waals surface area (Å²) in [6.45, 7) is 8.14. The van der Waals surface area contributed by atoms with Gasteiger partial charge in [0.05, 0.1) is 6.04 Å². The molecule has 1 unspecified atom stereocenters. The summed E-state index contributed by atoms with van der Waals surface area (Å²) in [5, 5.41) is 3.00. The van der Waals surface area contributed by atoms with Crippen LogP contribution in [0.5, 0.6) is 0 Å². The summed E-state index contributed by atoms with van der Waals surface area (Å²) in [5.74, 6) is -0.428. The Labute approximate surface area is 158 Å². The number of pyridine rings is 2. The van der Waals surface area contributed by atoms with Crippen molar-refractivity contribution in [2.45, 2.75) is 40.2 Å². The van der Waals surface area contributed by atoms with Crippen molar-refractivity contribution in [1.82, 2.24) is 19.7 Å². The van der Waals surface area contributed by atoms with Crippen LogP contribution < -0.4 is 10.9 Å². The van der Waals surface area contributed by atoms with Gasteiger partial charge in [0, 0.05) is 24.3 Å². The van der Waals surface area contributed by atoms with Crippen molar-refractivity contribution in [3.05, 3.63) is 76.1 Å². The fourth-order valence-corrected chi connectivity index (χ4v) is 3.11. The van der Waals surface area contributed by atoms with Crippen molar-refractivity contribution in [2.24, 2.45) is 5.41 Å². The zero-order valence-corrected chi connectivity index (χ0v) is 16.1. The van der Waals surface area contributed by atoms with E-state index >= 15 is 0 Å². The minimum Gasteiger partial charge on any atom is -0.345 e. The maximum Gasteiger partial charge on any atom is 0.270 e. The lowest BCUT2D eigenvalue weighted by Crippen LogP contribution is -2.36. The Morgan fingerprint density at radius 3 is 2.63 bits per heavy atom. The lowest BCUT2D eigenvalue weighted by Gasteiger charge is -2.27. The van der Waals surface area contributed by atoms with Gasteiger partial charge in [0.2, 0.25) is 0 Å². The van der Waals surface area contributed by atoms with Gasteiger partial charge in [-0.15, -0.1) is 0 Å². The van der Waals surface area contributed by atoms with Gasteiger partial charge >= 0.3 is 0 Å². The third kappa shape index (κ3) is 4.22. The van der Waals surface area contributed by atoms with Crippen molar-refractivity contribution >= 4 is 11.6 Å². The molecule has 0 radical (unpaired) electrons. The lowest BCUT2D eigenvalue weighted by atomic mass is 9.85. The predicted molar refractivity (Wildman–Crippen MR) is 105 cm³/mol. The van der Waals surface area contributed by atoms with E-state index in [2.05, 4.69) is 36.1 Å². The summed E-state index contributed by atoms with van der Waals surface area (Å²) in [5.41, 5.74) is 1.82. The van der Waals surface area contributed by atoms with Crippen molar-refractivity contribution < 1.29 is 4.79 Å². The molecule has 0 saturated carbocycles. The van der Waals surface area contributed by atoms with Gasteiger partial charge in [-0.2, -0.15) is 0 Å². The molecule has 3 aromatic heterocycles. The summed E-state index contributed by atoms with van der Waals surface area (Å²) in [6, 6.07) is 8.91. The second kappa shape index (κ2) is 7.31. The first kappa shape index (κ1) is 18.8. The molecule has 1 amide bonds. The summed E-state index contributed by atoms with van der Waals surface area (Å²) < 4.78 is 1.46. The molecule has 0 aromatic carbocycles. The maximum absolute atomic E-state index is 12.9. The maximum atomic E-state index is 12.9. The molecular formula is C21H24N4O2. The Bertz CT molecular complexity index is 1020. The van der Waals surface area contributed by atoms with Gasteiger partial charge in [0.15, 0.2) is 0 Å². The van der Waals surface area contributed by atoms with Crippen molar-refractivity contribution in [2.75, 3.05) is 0 Å². The van der Waals surface area contributed by atoms with Crippen molar-refractivity contribution in [1.29, 1.82) is 0 Å². The van der Waals surface area contributed by atoms with Gasteiger partial charge in [0.25, 0.3) is 11.5 Å². The monoisotopic (exact) mass is 364 g/mol. The highest BCUT2D eigenvalue weighted by Gasteiger charge is 2.24. The molecule has 6 heteroatoms. The molecule has 3 heterocycles. The molecule has 0 aliphatic heterocycles. The third-order valence-corrected chi connectivity index (χ3v) is 4.38. The highest BCUT2D eigenvalue weighted by Crippen LogP contribution is 2.29. The normalized spacial score (nSPS) is 12.7. The summed E-state index contributed by atoms with van der Waals surface area (Å²) in [6.07, 6.45) is 5.50. The molecular weight excluding hydrogens is 340 g/mol. The molecule has 0 fully saturated rings. The van der Waals surface area contributed by atoms with Crippen molar-refractivity contribution in [3.8, 4) is 0 Å². The highest BCUT2D eigenvalue weighted by atomic mass is 16.2. The molecule has 6 nitrogen and oxygen atoms in total. The number of rotatable bonds is 4. The molecule has 0 aliphatic carbocycles. The summed E-state index contributed by atoms with van der Waals surface area (Å²) in [7, 11) is 0. The van der Waals surface area contributed by atoms with Crippen LogP contribution in [-0.2, 0) is 0 Å². The average molecular weight is 364 g/mol. The first-order valence-electron chi connectivity index (χ1n) is 8.94. The Hall–Kier alpha value is -3.02. The molecule has 1 N–H and O–H groups in total. The zero-order chi connectivity index (χ0) is 19.6. The van der Waals surface area contributed by atoms with Gasteiger partial charge in [-0.25, -0.2) is 4.98 Å². The van der Waals surface area contributed by atoms with Crippen LogP contribution in [0.25, 0.3) is 5.65 Å². The quantitative estimate of drug-likeness (QED) is 0.771. The number of carbonyl (C=O) groups is 1. The average Bonchev–Trinajstić information content (AvgIpc) is 2.61. The summed E-state index contributed by atoms with van der Waals surface area (Å²) >= 11 is 0. The Balaban J connectivity index is 1.97. The number of hydrogen-bond acceptors (Lipinski definition) is 4. The van der Waals surface area contributed by atoms with Crippen LogP contribution in [0.4, 0.5) is 0 Å². The number of nitrogens with zero attached hydrogens (tertiary/aromatic N) is 3. The Kier molecular flexibility index (Phi) is 5.08. The van der Waals surface area contributed by atoms with E-state index in [0.29, 0.717) is 12.1 Å². The molecule has 3 rings (SSSR count). The Morgan fingerprint density at radius 2 is 1.96 bits per heavy atom. The van der Waals surface area contributed by atoms with Crippen LogP contribution in [0.2, 0.25) is 0 Å². The number of amides is 1. The standard InChI is InChI=1S/C21H24N4O2/c1-14-7-5-9-18-23-13-16(20(27)25(14)18)19(26)24-17(11-21(2,3)4)15-8-6-10-22-12-15/h5-10,12-13,17H,11H2,1-4H3,(H,24,26). The topological polar surface area (TPSA) is 76.4 Å². The van der Waals surface area contributed by atoms with Crippen LogP contribution in [0, 0.1) is 12.3 Å². The molecule has 3 aromatic rings. The van der Waals surface area contributed by atoms with Gasteiger partial charge < -0.3 is 5.32 Å². The zero-order valence-electron chi connectivity index (χ0n) is 16.1. The molecule has 140 valence electrons. The molecule has 1 atom stereocenters. The minimum absolute atomic E-state index is 0.0128. The molecule has 0 bridgehead atoms. The first-order chi connectivity index (χ1) is 12.8. The Morgan fingerprint density at radius 1 is 1.19 bits per heavy atom. The van der Waals surface area contributed by atoms with Gasteiger partial charge in [-0.3, -0.25) is 19.0 Å². The van der Waals surface area contributed by atoms with Crippen LogP contribution in [0.15, 0.2) is 53.7 Å². The molecule has 0 saturated heterocycles. The smallest absolute Gasteiger partial charge is 0.270 e. The van der Waals surface area contributed by atoms with Crippen LogP contribution >= 0.6 is 0 Å². The minimum atomic E-state index is -0.428. The lowest BCUT2D eigenvalue weighted by molar-refractivity contribution is 0.0924. The molecule has 0 spiro atoms. The van der Waals surface area contributed by atoms with Crippen LogP contribution in [0.1, 0.15) is 54.8 Å². The van der Waals surface area contributed by atoms with Gasteiger partial charge in [0.1, 0.15) is 11.2 Å². The van der Waals surface area contributed by atoms with E-state index in [1.54, 1.807) is 18.5 Å². The second-order valence-electron chi connectivity index (χ2n) is 7.91. The second-order valence-corrected chi connectivity index (χ2v) is 7.91. The fourth-order valence-electron chi connectivity index (χ4n) is 3.11. The van der Waals surface area contributed by atoms with Crippen molar-refractivity contribution in [3.63, 3.8) is 0 Å². The molecule has 27 heavy (non-hydrogen) atoms. The van der Waals surface area contributed by atoms with E-state index in [-0.39, 0.29) is 22.6 Å². The van der Waals surface area contributed by atoms with E-state index in [1.165, 1.54) is 10.6 Å². The third-order valence-electron chi connectivity index (χ3n) is 4.38. The van der Waals surface area contributed by atoms with E-state index in [0.717, 1.165) is 11.3 Å². The van der Waals surface area contributed by atoms with E-state index in [1.807, 2.05) is 31.2 Å². The van der Waals surface area contributed by atoms with E-state index < -0.39 is 5.91 Å². The number of aromatic nitrogens is 3. The highest BCUT2D eigenvalue weighted by molar-refractivity contribution is 5.94. The predicted octanol–water partition coefficient (Wildman–Crippen LogP) is 3.31.